The van der Waals surface area contributed by atoms with Crippen LogP contribution in [0.2, 0.25) is 0 Å². The molecule has 3 aromatic rings. The number of ether oxygens (including phenoxy) is 1. The number of carbonyl (C=O) groups excluding carboxylic acids is 1. The van der Waals surface area contributed by atoms with Crippen LogP contribution < -0.4 is 4.74 Å². The van der Waals surface area contributed by atoms with Crippen molar-refractivity contribution in [2.75, 3.05) is 6.61 Å². The minimum absolute atomic E-state index is 0.00131. The molecule has 0 spiro atoms. The first-order valence-corrected chi connectivity index (χ1v) is 11.0. The summed E-state index contributed by atoms with van der Waals surface area (Å²) >= 11 is 0. The smallest absolute Gasteiger partial charge is 0.261 e. The van der Waals surface area contributed by atoms with Gasteiger partial charge >= 0.3 is 0 Å². The van der Waals surface area contributed by atoms with Crippen molar-refractivity contribution >= 4 is 5.91 Å². The fraction of sp³-hybridized carbons (Fsp3) is 0.400. The number of aryl methyl sites for hydroxylation is 2. The van der Waals surface area contributed by atoms with E-state index in [1.807, 2.05) is 60.4 Å². The maximum absolute atomic E-state index is 13.2. The minimum atomic E-state index is -0.0513. The number of carbonyl (C=O) groups is 1. The van der Waals surface area contributed by atoms with E-state index in [1.165, 1.54) is 12.0 Å². The van der Waals surface area contributed by atoms with Crippen LogP contribution in [0.1, 0.15) is 49.1 Å². The quantitative estimate of drug-likeness (QED) is 0.533. The molecule has 0 N–H and O–H groups in total. The summed E-state index contributed by atoms with van der Waals surface area (Å²) in [5.41, 5.74) is 3.24. The molecule has 6 heteroatoms. The number of benzene rings is 2. The standard InChI is InChI=1S/C25H29N3O3/c1-18-13-14-22(15-19(18)2)30-17-24(29)28(21-11-7-4-8-12-21)16-23-26-25(27-31-23)20-9-5-3-6-10-20/h3,5-6,9-10,13-15,21H,4,7-8,11-12,16-17H2,1-2H3. The Morgan fingerprint density at radius 2 is 1.84 bits per heavy atom. The lowest BCUT2D eigenvalue weighted by atomic mass is 9.94. The molecule has 0 saturated heterocycles. The molecular weight excluding hydrogens is 390 g/mol. The predicted molar refractivity (Wildman–Crippen MR) is 119 cm³/mol. The van der Waals surface area contributed by atoms with Gasteiger partial charge in [0.15, 0.2) is 6.61 Å². The summed E-state index contributed by atoms with van der Waals surface area (Å²) in [6.07, 6.45) is 5.47. The van der Waals surface area contributed by atoms with Crippen molar-refractivity contribution in [3.05, 3.63) is 65.5 Å². The first kappa shape index (κ1) is 21.1. The average Bonchev–Trinajstić information content (AvgIpc) is 3.28. The van der Waals surface area contributed by atoms with Gasteiger partial charge in [0.05, 0.1) is 0 Å². The molecule has 1 aliphatic rings. The topological polar surface area (TPSA) is 68.5 Å². The van der Waals surface area contributed by atoms with Gasteiger partial charge in [-0.2, -0.15) is 4.98 Å². The highest BCUT2D eigenvalue weighted by Gasteiger charge is 2.28. The predicted octanol–water partition coefficient (Wildman–Crippen LogP) is 5.09. The highest BCUT2D eigenvalue weighted by Crippen LogP contribution is 2.25. The van der Waals surface area contributed by atoms with Crippen molar-refractivity contribution < 1.29 is 14.1 Å². The minimum Gasteiger partial charge on any atom is -0.484 e. The van der Waals surface area contributed by atoms with Crippen LogP contribution in [0.3, 0.4) is 0 Å². The molecule has 0 atom stereocenters. The molecule has 31 heavy (non-hydrogen) atoms. The van der Waals surface area contributed by atoms with Crippen molar-refractivity contribution in [1.82, 2.24) is 15.0 Å². The van der Waals surface area contributed by atoms with E-state index in [-0.39, 0.29) is 18.6 Å². The number of hydrogen-bond donors (Lipinski definition) is 0. The zero-order chi connectivity index (χ0) is 21.6. The number of nitrogens with zero attached hydrogens (tertiary/aromatic N) is 3. The molecule has 1 amide bonds. The summed E-state index contributed by atoms with van der Waals surface area (Å²) in [4.78, 5) is 19.5. The Labute approximate surface area is 183 Å². The van der Waals surface area contributed by atoms with Crippen LogP contribution >= 0.6 is 0 Å². The van der Waals surface area contributed by atoms with Gasteiger partial charge in [0.2, 0.25) is 11.7 Å². The second-order valence-electron chi connectivity index (χ2n) is 8.23. The molecule has 0 unspecified atom stereocenters. The van der Waals surface area contributed by atoms with Gasteiger partial charge in [0, 0.05) is 11.6 Å². The van der Waals surface area contributed by atoms with Crippen LogP contribution in [0.15, 0.2) is 53.1 Å². The van der Waals surface area contributed by atoms with Gasteiger partial charge in [-0.25, -0.2) is 0 Å². The lowest BCUT2D eigenvalue weighted by Gasteiger charge is -2.33. The summed E-state index contributed by atoms with van der Waals surface area (Å²) in [5, 5.41) is 4.10. The van der Waals surface area contributed by atoms with E-state index in [9.17, 15) is 4.79 Å². The van der Waals surface area contributed by atoms with E-state index in [0.29, 0.717) is 24.0 Å². The third kappa shape index (κ3) is 5.32. The zero-order valence-corrected chi connectivity index (χ0v) is 18.2. The first-order valence-electron chi connectivity index (χ1n) is 11.0. The third-order valence-corrected chi connectivity index (χ3v) is 5.98. The van der Waals surface area contributed by atoms with Gasteiger partial charge in [0.25, 0.3) is 5.91 Å². The van der Waals surface area contributed by atoms with E-state index in [2.05, 4.69) is 17.1 Å². The Balaban J connectivity index is 1.47. The second-order valence-corrected chi connectivity index (χ2v) is 8.23. The fourth-order valence-corrected chi connectivity index (χ4v) is 4.01. The van der Waals surface area contributed by atoms with Crippen molar-refractivity contribution in [3.63, 3.8) is 0 Å². The Hall–Kier alpha value is -3.15. The van der Waals surface area contributed by atoms with E-state index in [4.69, 9.17) is 9.26 Å². The highest BCUT2D eigenvalue weighted by molar-refractivity contribution is 5.78. The largest absolute Gasteiger partial charge is 0.484 e. The number of hydrogen-bond acceptors (Lipinski definition) is 5. The van der Waals surface area contributed by atoms with Crippen LogP contribution in [0, 0.1) is 13.8 Å². The SMILES string of the molecule is Cc1ccc(OCC(=O)N(Cc2nc(-c3ccccc3)no2)C2CCCCC2)cc1C. The van der Waals surface area contributed by atoms with E-state index in [0.717, 1.165) is 36.8 Å². The molecule has 1 aromatic heterocycles. The molecule has 2 aromatic carbocycles. The maximum atomic E-state index is 13.2. The molecule has 6 nitrogen and oxygen atoms in total. The lowest BCUT2D eigenvalue weighted by Crippen LogP contribution is -2.43. The lowest BCUT2D eigenvalue weighted by molar-refractivity contribution is -0.137. The Morgan fingerprint density at radius 3 is 2.58 bits per heavy atom. The third-order valence-electron chi connectivity index (χ3n) is 5.98. The zero-order valence-electron chi connectivity index (χ0n) is 18.2. The molecule has 4 rings (SSSR count). The molecule has 1 heterocycles. The molecular formula is C25H29N3O3. The molecule has 0 bridgehead atoms. The van der Waals surface area contributed by atoms with E-state index >= 15 is 0 Å². The maximum Gasteiger partial charge on any atom is 0.261 e. The Kier molecular flexibility index (Phi) is 6.65. The Morgan fingerprint density at radius 1 is 1.06 bits per heavy atom. The highest BCUT2D eigenvalue weighted by atomic mass is 16.5. The van der Waals surface area contributed by atoms with Crippen LogP contribution in [0.5, 0.6) is 5.75 Å². The normalized spacial score (nSPS) is 14.4. The summed E-state index contributed by atoms with van der Waals surface area (Å²) in [5.74, 6) is 1.65. The van der Waals surface area contributed by atoms with Gasteiger partial charge in [-0.15, -0.1) is 0 Å². The first-order chi connectivity index (χ1) is 15.1. The molecule has 1 saturated carbocycles. The number of amides is 1. The Bertz CT molecular complexity index is 1010. The van der Waals surface area contributed by atoms with E-state index in [1.54, 1.807) is 0 Å². The number of aromatic nitrogens is 2. The average molecular weight is 420 g/mol. The summed E-state index contributed by atoms with van der Waals surface area (Å²) in [6, 6.07) is 15.8. The van der Waals surface area contributed by atoms with Crippen molar-refractivity contribution in [1.29, 1.82) is 0 Å². The van der Waals surface area contributed by atoms with Gasteiger partial charge < -0.3 is 14.2 Å². The summed E-state index contributed by atoms with van der Waals surface area (Å²) < 4.78 is 11.3. The van der Waals surface area contributed by atoms with Crippen LogP contribution in [-0.4, -0.2) is 33.6 Å². The van der Waals surface area contributed by atoms with Crippen molar-refractivity contribution in [2.24, 2.45) is 0 Å². The van der Waals surface area contributed by atoms with Gasteiger partial charge in [-0.05, 0) is 49.9 Å². The molecule has 1 fully saturated rings. The number of rotatable bonds is 7. The van der Waals surface area contributed by atoms with Crippen LogP contribution in [0.4, 0.5) is 0 Å². The molecule has 0 aliphatic heterocycles. The van der Waals surface area contributed by atoms with Crippen molar-refractivity contribution in [2.45, 2.75) is 58.5 Å². The van der Waals surface area contributed by atoms with Crippen molar-refractivity contribution in [3.8, 4) is 17.1 Å². The second kappa shape index (κ2) is 9.77. The monoisotopic (exact) mass is 419 g/mol. The summed E-state index contributed by atoms with van der Waals surface area (Å²) in [7, 11) is 0. The fourth-order valence-electron chi connectivity index (χ4n) is 4.01. The van der Waals surface area contributed by atoms with Crippen LogP contribution in [0.25, 0.3) is 11.4 Å². The van der Waals surface area contributed by atoms with Gasteiger partial charge in [-0.1, -0.05) is 60.8 Å². The molecule has 0 radical (unpaired) electrons. The van der Waals surface area contributed by atoms with Gasteiger partial charge in [0.1, 0.15) is 12.3 Å². The van der Waals surface area contributed by atoms with E-state index < -0.39 is 0 Å². The molecule has 162 valence electrons. The summed E-state index contributed by atoms with van der Waals surface area (Å²) in [6.45, 7) is 4.40. The van der Waals surface area contributed by atoms with Crippen LogP contribution in [-0.2, 0) is 11.3 Å². The molecule has 1 aliphatic carbocycles. The van der Waals surface area contributed by atoms with Gasteiger partial charge in [-0.3, -0.25) is 4.79 Å².